The average molecular weight is 221 g/mol. The maximum absolute atomic E-state index is 11.1. The van der Waals surface area contributed by atoms with Gasteiger partial charge in [-0.15, -0.1) is 5.10 Å². The first kappa shape index (κ1) is 10.9. The molecular formula is C11H15N3O2. The zero-order valence-corrected chi connectivity index (χ0v) is 9.47. The lowest BCUT2D eigenvalue weighted by atomic mass is 10.0. The summed E-state index contributed by atoms with van der Waals surface area (Å²) in [5, 5.41) is 16.9. The SMILES string of the molecule is CC1(C)CCCN1c1nnccc1C(=O)O. The Bertz CT molecular complexity index is 417. The number of aromatic carboxylic acids is 1. The quantitative estimate of drug-likeness (QED) is 0.820. The monoisotopic (exact) mass is 221 g/mol. The third-order valence-electron chi connectivity index (χ3n) is 3.09. The standard InChI is InChI=1S/C11H15N3O2/c1-11(2)5-3-7-14(11)9-8(10(15)16)4-6-12-13-9/h4,6H,3,5,7H2,1-2H3,(H,15,16). The Morgan fingerprint density at radius 3 is 2.88 bits per heavy atom. The molecule has 1 N–H and O–H groups in total. The van der Waals surface area contributed by atoms with Crippen LogP contribution in [0.15, 0.2) is 12.3 Å². The molecule has 0 bridgehead atoms. The lowest BCUT2D eigenvalue weighted by Crippen LogP contribution is -2.39. The lowest BCUT2D eigenvalue weighted by Gasteiger charge is -2.32. The second-order valence-electron chi connectivity index (χ2n) is 4.64. The maximum Gasteiger partial charge on any atom is 0.339 e. The van der Waals surface area contributed by atoms with Crippen molar-refractivity contribution in [1.82, 2.24) is 10.2 Å². The van der Waals surface area contributed by atoms with Crippen LogP contribution in [0, 0.1) is 0 Å². The molecule has 1 aromatic rings. The van der Waals surface area contributed by atoms with E-state index in [1.165, 1.54) is 12.3 Å². The van der Waals surface area contributed by atoms with Gasteiger partial charge in [-0.3, -0.25) is 0 Å². The van der Waals surface area contributed by atoms with Crippen LogP contribution in [0.4, 0.5) is 5.82 Å². The first-order valence-corrected chi connectivity index (χ1v) is 5.35. The molecule has 16 heavy (non-hydrogen) atoms. The topological polar surface area (TPSA) is 66.3 Å². The van der Waals surface area contributed by atoms with Crippen molar-refractivity contribution < 1.29 is 9.90 Å². The third kappa shape index (κ3) is 1.73. The minimum absolute atomic E-state index is 0.0414. The number of hydrogen-bond acceptors (Lipinski definition) is 4. The van der Waals surface area contributed by atoms with Crippen molar-refractivity contribution in [3.63, 3.8) is 0 Å². The molecule has 0 unspecified atom stereocenters. The highest BCUT2D eigenvalue weighted by Crippen LogP contribution is 2.33. The minimum Gasteiger partial charge on any atom is -0.478 e. The van der Waals surface area contributed by atoms with E-state index < -0.39 is 5.97 Å². The van der Waals surface area contributed by atoms with Crippen LogP contribution in [-0.4, -0.2) is 33.4 Å². The number of nitrogens with zero attached hydrogens (tertiary/aromatic N) is 3. The summed E-state index contributed by atoms with van der Waals surface area (Å²) in [6.45, 7) is 5.03. The van der Waals surface area contributed by atoms with Crippen LogP contribution in [0.3, 0.4) is 0 Å². The molecule has 1 aliphatic heterocycles. The Hall–Kier alpha value is -1.65. The highest BCUT2D eigenvalue weighted by molar-refractivity contribution is 5.93. The van der Waals surface area contributed by atoms with Crippen molar-refractivity contribution >= 4 is 11.8 Å². The van der Waals surface area contributed by atoms with Crippen molar-refractivity contribution in [3.8, 4) is 0 Å². The summed E-state index contributed by atoms with van der Waals surface area (Å²) in [5.41, 5.74) is 0.185. The molecule has 0 spiro atoms. The van der Waals surface area contributed by atoms with Gasteiger partial charge < -0.3 is 10.0 Å². The van der Waals surface area contributed by atoms with Crippen LogP contribution in [0.2, 0.25) is 0 Å². The molecule has 1 fully saturated rings. The van der Waals surface area contributed by atoms with E-state index in [1.807, 2.05) is 4.90 Å². The van der Waals surface area contributed by atoms with E-state index in [0.717, 1.165) is 19.4 Å². The molecule has 0 amide bonds. The van der Waals surface area contributed by atoms with Gasteiger partial charge in [0, 0.05) is 12.1 Å². The van der Waals surface area contributed by atoms with Gasteiger partial charge in [-0.1, -0.05) is 0 Å². The molecule has 1 saturated heterocycles. The summed E-state index contributed by atoms with van der Waals surface area (Å²) in [4.78, 5) is 13.1. The fourth-order valence-electron chi connectivity index (χ4n) is 2.19. The van der Waals surface area contributed by atoms with Crippen molar-refractivity contribution in [2.75, 3.05) is 11.4 Å². The van der Waals surface area contributed by atoms with Gasteiger partial charge in [-0.05, 0) is 32.8 Å². The van der Waals surface area contributed by atoms with Crippen molar-refractivity contribution in [2.24, 2.45) is 0 Å². The summed E-state index contributed by atoms with van der Waals surface area (Å²) >= 11 is 0. The van der Waals surface area contributed by atoms with E-state index in [4.69, 9.17) is 5.11 Å². The number of anilines is 1. The number of hydrogen-bond donors (Lipinski definition) is 1. The number of rotatable bonds is 2. The van der Waals surface area contributed by atoms with Crippen LogP contribution in [-0.2, 0) is 0 Å². The van der Waals surface area contributed by atoms with Crippen LogP contribution in [0.5, 0.6) is 0 Å². The van der Waals surface area contributed by atoms with E-state index >= 15 is 0 Å². The van der Waals surface area contributed by atoms with E-state index in [0.29, 0.717) is 5.82 Å². The molecule has 1 aromatic heterocycles. The Morgan fingerprint density at radius 2 is 2.31 bits per heavy atom. The molecule has 2 heterocycles. The molecule has 2 rings (SSSR count). The number of carboxylic acids is 1. The number of carboxylic acid groups (broad SMARTS) is 1. The van der Waals surface area contributed by atoms with Gasteiger partial charge in [-0.2, -0.15) is 5.10 Å². The molecule has 0 radical (unpaired) electrons. The van der Waals surface area contributed by atoms with Gasteiger partial charge in [0.25, 0.3) is 0 Å². The van der Waals surface area contributed by atoms with Crippen molar-refractivity contribution in [1.29, 1.82) is 0 Å². The van der Waals surface area contributed by atoms with Crippen molar-refractivity contribution in [2.45, 2.75) is 32.2 Å². The summed E-state index contributed by atoms with van der Waals surface area (Å²) in [6, 6.07) is 1.50. The van der Waals surface area contributed by atoms with Gasteiger partial charge in [0.1, 0.15) is 5.56 Å². The average Bonchev–Trinajstić information content (AvgIpc) is 2.58. The summed E-state index contributed by atoms with van der Waals surface area (Å²) < 4.78 is 0. The molecular weight excluding hydrogens is 206 g/mol. The Balaban J connectivity index is 2.44. The molecule has 86 valence electrons. The first-order chi connectivity index (χ1) is 7.52. The molecule has 1 aliphatic rings. The maximum atomic E-state index is 11.1. The normalized spacial score (nSPS) is 18.8. The molecule has 0 aromatic carbocycles. The van der Waals surface area contributed by atoms with Gasteiger partial charge in [-0.25, -0.2) is 4.79 Å². The highest BCUT2D eigenvalue weighted by atomic mass is 16.4. The zero-order valence-electron chi connectivity index (χ0n) is 9.47. The van der Waals surface area contributed by atoms with Gasteiger partial charge >= 0.3 is 5.97 Å². The van der Waals surface area contributed by atoms with E-state index in [9.17, 15) is 4.79 Å². The molecule has 5 nitrogen and oxygen atoms in total. The fraction of sp³-hybridized carbons (Fsp3) is 0.545. The summed E-state index contributed by atoms with van der Waals surface area (Å²) in [6.07, 6.45) is 3.52. The van der Waals surface area contributed by atoms with Crippen LogP contribution < -0.4 is 4.90 Å². The van der Waals surface area contributed by atoms with E-state index in [1.54, 1.807) is 0 Å². The lowest BCUT2D eigenvalue weighted by molar-refractivity contribution is 0.0697. The zero-order chi connectivity index (χ0) is 11.8. The van der Waals surface area contributed by atoms with Crippen LogP contribution >= 0.6 is 0 Å². The fourth-order valence-corrected chi connectivity index (χ4v) is 2.19. The van der Waals surface area contributed by atoms with Gasteiger partial charge in [0.05, 0.1) is 6.20 Å². The number of carbonyl (C=O) groups is 1. The van der Waals surface area contributed by atoms with Gasteiger partial charge in [0.2, 0.25) is 0 Å². The predicted octanol–water partition coefficient (Wildman–Crippen LogP) is 1.55. The number of aromatic nitrogens is 2. The van der Waals surface area contributed by atoms with Gasteiger partial charge in [0.15, 0.2) is 5.82 Å². The Labute approximate surface area is 94.1 Å². The predicted molar refractivity (Wildman–Crippen MR) is 59.7 cm³/mol. The second kappa shape index (κ2) is 3.73. The molecule has 0 atom stereocenters. The molecule has 5 heteroatoms. The van der Waals surface area contributed by atoms with E-state index in [-0.39, 0.29) is 11.1 Å². The Kier molecular flexibility index (Phi) is 2.53. The highest BCUT2D eigenvalue weighted by Gasteiger charge is 2.35. The summed E-state index contributed by atoms with van der Waals surface area (Å²) in [5.74, 6) is -0.467. The first-order valence-electron chi connectivity index (χ1n) is 5.35. The largest absolute Gasteiger partial charge is 0.478 e. The Morgan fingerprint density at radius 1 is 1.56 bits per heavy atom. The summed E-state index contributed by atoms with van der Waals surface area (Å²) in [7, 11) is 0. The van der Waals surface area contributed by atoms with Crippen LogP contribution in [0.1, 0.15) is 37.0 Å². The molecule has 0 aliphatic carbocycles. The second-order valence-corrected chi connectivity index (χ2v) is 4.64. The molecule has 0 saturated carbocycles. The van der Waals surface area contributed by atoms with Crippen molar-refractivity contribution in [3.05, 3.63) is 17.8 Å². The smallest absolute Gasteiger partial charge is 0.339 e. The van der Waals surface area contributed by atoms with Crippen LogP contribution in [0.25, 0.3) is 0 Å². The third-order valence-corrected chi connectivity index (χ3v) is 3.09. The minimum atomic E-state index is -0.951. The van der Waals surface area contributed by atoms with E-state index in [2.05, 4.69) is 24.0 Å².